The maximum Gasteiger partial charge on any atom is 0.307 e. The van der Waals surface area contributed by atoms with Gasteiger partial charge in [0, 0.05) is 30.6 Å². The highest BCUT2D eigenvalue weighted by Gasteiger charge is 2.08. The summed E-state index contributed by atoms with van der Waals surface area (Å²) in [7, 11) is 0. The van der Waals surface area contributed by atoms with Crippen molar-refractivity contribution in [2.75, 3.05) is 0 Å². The highest BCUT2D eigenvalue weighted by molar-refractivity contribution is 7.07. The van der Waals surface area contributed by atoms with Crippen LogP contribution in [-0.2, 0) is 17.9 Å². The minimum Gasteiger partial charge on any atom is -0.352 e. The molecule has 0 aliphatic heterocycles. The van der Waals surface area contributed by atoms with Crippen molar-refractivity contribution in [3.8, 4) is 0 Å². The molecule has 1 aromatic carbocycles. The van der Waals surface area contributed by atoms with Gasteiger partial charge in [-0.1, -0.05) is 29.0 Å². The Hall–Kier alpha value is -1.88. The predicted molar refractivity (Wildman–Crippen MR) is 90.4 cm³/mol. The van der Waals surface area contributed by atoms with Gasteiger partial charge in [-0.2, -0.15) is 0 Å². The summed E-state index contributed by atoms with van der Waals surface area (Å²) < 4.78 is 1.65. The third-order valence-electron chi connectivity index (χ3n) is 3.84. The molecule has 22 heavy (non-hydrogen) atoms. The largest absolute Gasteiger partial charge is 0.352 e. The Kier molecular flexibility index (Phi) is 5.19. The molecule has 0 saturated heterocycles. The maximum atomic E-state index is 12.0. The third kappa shape index (κ3) is 3.85. The lowest BCUT2D eigenvalue weighted by Gasteiger charge is -2.12. The lowest BCUT2D eigenvalue weighted by Crippen LogP contribution is -2.26. The lowest BCUT2D eigenvalue weighted by atomic mass is 10.00. The number of carbonyl (C=O) groups excluding carboxylic acids is 1. The van der Waals surface area contributed by atoms with Gasteiger partial charge in [0.2, 0.25) is 5.91 Å². The Morgan fingerprint density at radius 1 is 1.18 bits per heavy atom. The summed E-state index contributed by atoms with van der Waals surface area (Å²) in [6, 6.07) is 4.26. The van der Waals surface area contributed by atoms with E-state index in [1.807, 2.05) is 12.3 Å². The number of hydrogen-bond acceptors (Lipinski definition) is 3. The normalized spacial score (nSPS) is 10.7. The number of thiazole rings is 1. The fourth-order valence-corrected chi connectivity index (χ4v) is 3.41. The third-order valence-corrected chi connectivity index (χ3v) is 4.72. The van der Waals surface area contributed by atoms with Crippen molar-refractivity contribution in [3.05, 3.63) is 55.1 Å². The Labute approximate surface area is 134 Å². The quantitative estimate of drug-likeness (QED) is 0.921. The molecular formula is C17H22N2O2S. The molecule has 0 spiro atoms. The van der Waals surface area contributed by atoms with Gasteiger partial charge >= 0.3 is 4.87 Å². The SMILES string of the molecule is Cc1cc(C)c(CNC(=O)CCn2c(C)csc2=O)c(C)c1. The molecule has 1 heterocycles. The summed E-state index contributed by atoms with van der Waals surface area (Å²) >= 11 is 1.17. The molecule has 4 nitrogen and oxygen atoms in total. The van der Waals surface area contributed by atoms with Crippen LogP contribution < -0.4 is 10.2 Å². The van der Waals surface area contributed by atoms with E-state index >= 15 is 0 Å². The number of nitrogens with zero attached hydrogens (tertiary/aromatic N) is 1. The van der Waals surface area contributed by atoms with Gasteiger partial charge in [0.1, 0.15) is 0 Å². The van der Waals surface area contributed by atoms with Crippen molar-refractivity contribution in [2.45, 2.75) is 47.2 Å². The van der Waals surface area contributed by atoms with E-state index in [1.165, 1.54) is 33.6 Å². The maximum absolute atomic E-state index is 12.0. The van der Waals surface area contributed by atoms with Gasteiger partial charge in [-0.05, 0) is 44.4 Å². The zero-order valence-corrected chi connectivity index (χ0v) is 14.3. The molecule has 2 rings (SSSR count). The first-order chi connectivity index (χ1) is 10.4. The van der Waals surface area contributed by atoms with Gasteiger partial charge in [-0.15, -0.1) is 0 Å². The summed E-state index contributed by atoms with van der Waals surface area (Å²) in [5.74, 6) is -0.0307. The molecule has 1 aromatic heterocycles. The van der Waals surface area contributed by atoms with Crippen molar-refractivity contribution in [3.63, 3.8) is 0 Å². The Balaban J connectivity index is 1.93. The van der Waals surface area contributed by atoms with E-state index in [2.05, 4.69) is 38.2 Å². The smallest absolute Gasteiger partial charge is 0.307 e. The monoisotopic (exact) mass is 318 g/mol. The molecule has 1 N–H and O–H groups in total. The number of hydrogen-bond donors (Lipinski definition) is 1. The zero-order chi connectivity index (χ0) is 16.3. The number of benzene rings is 1. The number of nitrogens with one attached hydrogen (secondary N) is 1. The molecule has 0 bridgehead atoms. The highest BCUT2D eigenvalue weighted by atomic mass is 32.1. The van der Waals surface area contributed by atoms with E-state index in [9.17, 15) is 9.59 Å². The van der Waals surface area contributed by atoms with Gasteiger partial charge in [-0.25, -0.2) is 0 Å². The molecular weight excluding hydrogens is 296 g/mol. The van der Waals surface area contributed by atoms with Crippen LogP contribution in [-0.4, -0.2) is 10.5 Å². The second-order valence-corrected chi connectivity index (χ2v) is 6.52. The number of aromatic nitrogens is 1. The Morgan fingerprint density at radius 3 is 2.36 bits per heavy atom. The van der Waals surface area contributed by atoms with Crippen LogP contribution in [0.15, 0.2) is 22.3 Å². The topological polar surface area (TPSA) is 51.1 Å². The van der Waals surface area contributed by atoms with E-state index in [-0.39, 0.29) is 10.8 Å². The molecule has 118 valence electrons. The van der Waals surface area contributed by atoms with E-state index in [0.717, 1.165) is 5.69 Å². The Morgan fingerprint density at radius 2 is 1.82 bits per heavy atom. The number of amides is 1. The zero-order valence-electron chi connectivity index (χ0n) is 13.5. The second-order valence-electron chi connectivity index (χ2n) is 5.70. The van der Waals surface area contributed by atoms with Gasteiger partial charge in [0.05, 0.1) is 0 Å². The molecule has 0 atom stereocenters. The number of rotatable bonds is 5. The lowest BCUT2D eigenvalue weighted by molar-refractivity contribution is -0.121. The molecule has 0 unspecified atom stereocenters. The minimum absolute atomic E-state index is 0.00414. The van der Waals surface area contributed by atoms with Gasteiger partial charge in [0.25, 0.3) is 0 Å². The molecule has 0 aliphatic rings. The van der Waals surface area contributed by atoms with Gasteiger partial charge in [-0.3, -0.25) is 9.59 Å². The van der Waals surface area contributed by atoms with Crippen LogP contribution in [0.2, 0.25) is 0 Å². The second kappa shape index (κ2) is 6.92. The van der Waals surface area contributed by atoms with Crippen LogP contribution in [0.3, 0.4) is 0 Å². The molecule has 2 aromatic rings. The van der Waals surface area contributed by atoms with Crippen molar-refractivity contribution in [1.29, 1.82) is 0 Å². The first-order valence-corrected chi connectivity index (χ1v) is 8.25. The Bertz CT molecular complexity index is 720. The van der Waals surface area contributed by atoms with Crippen molar-refractivity contribution >= 4 is 17.2 Å². The average Bonchev–Trinajstić information content (AvgIpc) is 2.74. The fourth-order valence-electron chi connectivity index (χ4n) is 2.65. The molecule has 1 amide bonds. The fraction of sp³-hybridized carbons (Fsp3) is 0.412. The predicted octanol–water partition coefficient (Wildman–Crippen LogP) is 2.85. The molecule has 5 heteroatoms. The van der Waals surface area contributed by atoms with Crippen LogP contribution in [0, 0.1) is 27.7 Å². The standard InChI is InChI=1S/C17H22N2O2S/c1-11-7-12(2)15(13(3)8-11)9-18-16(20)5-6-19-14(4)10-22-17(19)21/h7-8,10H,5-6,9H2,1-4H3,(H,18,20). The van der Waals surface area contributed by atoms with Crippen molar-refractivity contribution in [1.82, 2.24) is 9.88 Å². The summed E-state index contributed by atoms with van der Waals surface area (Å²) in [4.78, 5) is 23.6. The van der Waals surface area contributed by atoms with Crippen LogP contribution in [0.1, 0.15) is 34.4 Å². The van der Waals surface area contributed by atoms with Crippen LogP contribution in [0.25, 0.3) is 0 Å². The first-order valence-electron chi connectivity index (χ1n) is 7.37. The summed E-state index contributed by atoms with van der Waals surface area (Å²) in [6.45, 7) is 9.06. The average molecular weight is 318 g/mol. The number of aryl methyl sites for hydroxylation is 4. The van der Waals surface area contributed by atoms with Gasteiger partial charge < -0.3 is 9.88 Å². The van der Waals surface area contributed by atoms with E-state index in [1.54, 1.807) is 4.57 Å². The molecule has 0 fully saturated rings. The summed E-state index contributed by atoms with van der Waals surface area (Å²) in [6.07, 6.45) is 0.321. The van der Waals surface area contributed by atoms with Crippen LogP contribution >= 0.6 is 11.3 Å². The highest BCUT2D eigenvalue weighted by Crippen LogP contribution is 2.16. The van der Waals surface area contributed by atoms with E-state index < -0.39 is 0 Å². The minimum atomic E-state index is -0.0307. The van der Waals surface area contributed by atoms with Crippen molar-refractivity contribution in [2.24, 2.45) is 0 Å². The number of carbonyl (C=O) groups is 1. The van der Waals surface area contributed by atoms with E-state index in [4.69, 9.17) is 0 Å². The van der Waals surface area contributed by atoms with Crippen LogP contribution in [0.4, 0.5) is 0 Å². The molecule has 0 radical (unpaired) electrons. The van der Waals surface area contributed by atoms with Crippen LogP contribution in [0.5, 0.6) is 0 Å². The summed E-state index contributed by atoms with van der Waals surface area (Å²) in [5, 5.41) is 4.77. The summed E-state index contributed by atoms with van der Waals surface area (Å²) in [5.41, 5.74) is 5.71. The van der Waals surface area contributed by atoms with Gasteiger partial charge in [0.15, 0.2) is 0 Å². The van der Waals surface area contributed by atoms with E-state index in [0.29, 0.717) is 19.5 Å². The molecule has 0 aliphatic carbocycles. The van der Waals surface area contributed by atoms with Crippen molar-refractivity contribution < 1.29 is 4.79 Å². The molecule has 0 saturated carbocycles. The first kappa shape index (κ1) is 16.5.